The van der Waals surface area contributed by atoms with Gasteiger partial charge in [-0.05, 0) is 42.9 Å². The highest BCUT2D eigenvalue weighted by atomic mass is 32.2. The van der Waals surface area contributed by atoms with Gasteiger partial charge in [0.25, 0.3) is 0 Å². The fourth-order valence-corrected chi connectivity index (χ4v) is 5.48. The highest BCUT2D eigenvalue weighted by Gasteiger charge is 2.24. The second-order valence-electron chi connectivity index (χ2n) is 6.93. The van der Waals surface area contributed by atoms with E-state index in [0.29, 0.717) is 21.6 Å². The van der Waals surface area contributed by atoms with E-state index in [0.717, 1.165) is 41.6 Å². The molecule has 1 aromatic carbocycles. The van der Waals surface area contributed by atoms with Crippen LogP contribution in [-0.4, -0.2) is 28.7 Å². The number of methoxy groups -OCH3 is 1. The summed E-state index contributed by atoms with van der Waals surface area (Å²) in [6, 6.07) is 7.90. The number of hydrogen-bond acceptors (Lipinski definition) is 6. The van der Waals surface area contributed by atoms with Crippen molar-refractivity contribution in [2.75, 3.05) is 18.2 Å². The number of fused-ring (bicyclic) bond motifs is 2. The van der Waals surface area contributed by atoms with Crippen molar-refractivity contribution in [1.29, 1.82) is 5.26 Å². The summed E-state index contributed by atoms with van der Waals surface area (Å²) >= 11 is 2.89. The van der Waals surface area contributed by atoms with Gasteiger partial charge >= 0.3 is 0 Å². The second kappa shape index (κ2) is 7.86. The largest absolute Gasteiger partial charge is 0.497 e. The zero-order valence-corrected chi connectivity index (χ0v) is 17.3. The predicted octanol–water partition coefficient (Wildman–Crippen LogP) is 4.36. The van der Waals surface area contributed by atoms with Gasteiger partial charge in [0.05, 0.1) is 29.5 Å². The highest BCUT2D eigenvalue weighted by molar-refractivity contribution is 7.99. The van der Waals surface area contributed by atoms with Crippen molar-refractivity contribution in [3.63, 3.8) is 0 Å². The predicted molar refractivity (Wildman–Crippen MR) is 112 cm³/mol. The molecule has 8 heteroatoms. The number of anilines is 1. The van der Waals surface area contributed by atoms with Gasteiger partial charge in [0.1, 0.15) is 16.8 Å². The summed E-state index contributed by atoms with van der Waals surface area (Å²) in [6.45, 7) is 2.23. The molecule has 144 valence electrons. The molecule has 1 atom stereocenters. The average molecular weight is 413 g/mol. The molecular weight excluding hydrogens is 392 g/mol. The Kier molecular flexibility index (Phi) is 5.29. The number of aromatic amines is 1. The number of carbonyl (C=O) groups excluding carboxylic acids is 1. The van der Waals surface area contributed by atoms with Gasteiger partial charge in [-0.15, -0.1) is 11.3 Å². The van der Waals surface area contributed by atoms with E-state index in [1.165, 1.54) is 16.6 Å². The van der Waals surface area contributed by atoms with E-state index in [4.69, 9.17) is 4.74 Å². The third-order valence-electron chi connectivity index (χ3n) is 4.88. The number of imidazole rings is 1. The monoisotopic (exact) mass is 412 g/mol. The van der Waals surface area contributed by atoms with E-state index in [9.17, 15) is 10.1 Å². The molecular formula is C20H20N4O2S2. The molecule has 0 saturated carbocycles. The molecule has 0 bridgehead atoms. The number of amides is 1. The minimum Gasteiger partial charge on any atom is -0.497 e. The zero-order valence-electron chi connectivity index (χ0n) is 15.7. The molecule has 28 heavy (non-hydrogen) atoms. The molecule has 2 aromatic heterocycles. The van der Waals surface area contributed by atoms with Crippen LogP contribution < -0.4 is 10.1 Å². The van der Waals surface area contributed by atoms with E-state index in [1.54, 1.807) is 18.4 Å². The zero-order chi connectivity index (χ0) is 19.7. The van der Waals surface area contributed by atoms with Crippen LogP contribution >= 0.6 is 23.1 Å². The summed E-state index contributed by atoms with van der Waals surface area (Å²) in [6.07, 6.45) is 3.00. The smallest absolute Gasteiger partial charge is 0.235 e. The van der Waals surface area contributed by atoms with Gasteiger partial charge < -0.3 is 15.0 Å². The van der Waals surface area contributed by atoms with Crippen LogP contribution in [-0.2, 0) is 17.6 Å². The van der Waals surface area contributed by atoms with Crippen LogP contribution in [0.5, 0.6) is 5.75 Å². The van der Waals surface area contributed by atoms with E-state index in [2.05, 4.69) is 28.3 Å². The van der Waals surface area contributed by atoms with Crippen LogP contribution in [0.1, 0.15) is 29.3 Å². The van der Waals surface area contributed by atoms with E-state index >= 15 is 0 Å². The maximum absolute atomic E-state index is 12.5. The van der Waals surface area contributed by atoms with Crippen molar-refractivity contribution in [3.05, 3.63) is 34.2 Å². The quantitative estimate of drug-likeness (QED) is 0.608. The van der Waals surface area contributed by atoms with Crippen molar-refractivity contribution in [2.24, 2.45) is 5.92 Å². The molecule has 0 aliphatic heterocycles. The van der Waals surface area contributed by atoms with Crippen molar-refractivity contribution in [3.8, 4) is 11.8 Å². The third-order valence-corrected chi connectivity index (χ3v) is 6.93. The van der Waals surface area contributed by atoms with Gasteiger partial charge in [0.2, 0.25) is 5.91 Å². The van der Waals surface area contributed by atoms with Crippen molar-refractivity contribution in [2.45, 2.75) is 31.3 Å². The maximum atomic E-state index is 12.5. The molecule has 3 aromatic rings. The normalized spacial score (nSPS) is 15.8. The van der Waals surface area contributed by atoms with Gasteiger partial charge in [-0.1, -0.05) is 18.7 Å². The molecule has 0 radical (unpaired) electrons. The second-order valence-corrected chi connectivity index (χ2v) is 9.00. The lowest BCUT2D eigenvalue weighted by Crippen LogP contribution is -2.14. The van der Waals surface area contributed by atoms with Crippen LogP contribution in [0, 0.1) is 17.2 Å². The van der Waals surface area contributed by atoms with Crippen LogP contribution in [0.2, 0.25) is 0 Å². The van der Waals surface area contributed by atoms with E-state index < -0.39 is 0 Å². The number of rotatable bonds is 5. The summed E-state index contributed by atoms with van der Waals surface area (Å²) in [4.78, 5) is 21.4. The molecule has 0 fully saturated rings. The molecule has 2 N–H and O–H groups in total. The Morgan fingerprint density at radius 3 is 3.18 bits per heavy atom. The maximum Gasteiger partial charge on any atom is 0.235 e. The Balaban J connectivity index is 1.43. The first-order valence-electron chi connectivity index (χ1n) is 9.08. The van der Waals surface area contributed by atoms with Crippen LogP contribution in [0.3, 0.4) is 0 Å². The summed E-state index contributed by atoms with van der Waals surface area (Å²) < 4.78 is 5.22. The minimum absolute atomic E-state index is 0.133. The van der Waals surface area contributed by atoms with Crippen LogP contribution in [0.15, 0.2) is 23.4 Å². The fourth-order valence-electron chi connectivity index (χ4n) is 3.41. The van der Waals surface area contributed by atoms with E-state index in [1.807, 2.05) is 18.2 Å². The Bertz CT molecular complexity index is 1080. The molecule has 6 nitrogen and oxygen atoms in total. The van der Waals surface area contributed by atoms with Gasteiger partial charge in [0, 0.05) is 10.9 Å². The number of ether oxygens (including phenoxy) is 1. The standard InChI is InChI=1S/C20H20N4O2S2/c1-11-3-5-13-14(9-21)19(28-17(13)7-11)24-18(25)10-27-20-22-15-6-4-12(26-2)8-16(15)23-20/h4,6,8,11H,3,5,7,10H2,1-2H3,(H,22,23)(H,24,25)/t11-/m1/s1. The van der Waals surface area contributed by atoms with Crippen LogP contribution in [0.25, 0.3) is 11.0 Å². The molecule has 0 spiro atoms. The van der Waals surface area contributed by atoms with Gasteiger partial charge in [-0.25, -0.2) is 4.98 Å². The molecule has 1 aliphatic rings. The lowest BCUT2D eigenvalue weighted by molar-refractivity contribution is -0.113. The Hall–Kier alpha value is -2.50. The number of H-pyrrole nitrogens is 1. The summed E-state index contributed by atoms with van der Waals surface area (Å²) in [5.74, 6) is 1.47. The number of thioether (sulfide) groups is 1. The minimum atomic E-state index is -0.133. The Labute approximate surface area is 171 Å². The van der Waals surface area contributed by atoms with Crippen LogP contribution in [0.4, 0.5) is 5.00 Å². The summed E-state index contributed by atoms with van der Waals surface area (Å²) in [7, 11) is 1.62. The number of thiophene rings is 1. The lowest BCUT2D eigenvalue weighted by Gasteiger charge is -2.17. The molecule has 4 rings (SSSR count). The number of nitriles is 1. The molecule has 0 unspecified atom stereocenters. The molecule has 1 aliphatic carbocycles. The first kappa shape index (κ1) is 18.8. The first-order valence-corrected chi connectivity index (χ1v) is 10.9. The average Bonchev–Trinajstić information content (AvgIpc) is 3.25. The highest BCUT2D eigenvalue weighted by Crippen LogP contribution is 2.39. The van der Waals surface area contributed by atoms with Gasteiger partial charge in [-0.3, -0.25) is 4.79 Å². The Morgan fingerprint density at radius 2 is 2.39 bits per heavy atom. The summed E-state index contributed by atoms with van der Waals surface area (Å²) in [5.41, 5.74) is 3.46. The number of hydrogen-bond donors (Lipinski definition) is 2. The molecule has 0 saturated heterocycles. The number of carbonyl (C=O) groups is 1. The molecule has 1 amide bonds. The first-order chi connectivity index (χ1) is 13.6. The van der Waals surface area contributed by atoms with Gasteiger partial charge in [-0.2, -0.15) is 5.26 Å². The van der Waals surface area contributed by atoms with Gasteiger partial charge in [0.15, 0.2) is 5.16 Å². The number of nitrogens with one attached hydrogen (secondary N) is 2. The van der Waals surface area contributed by atoms with Crippen molar-refractivity contribution >= 4 is 45.0 Å². The lowest BCUT2D eigenvalue weighted by atomic mass is 9.89. The van der Waals surface area contributed by atoms with E-state index in [-0.39, 0.29) is 11.7 Å². The molecule has 2 heterocycles. The number of aromatic nitrogens is 2. The topological polar surface area (TPSA) is 90.8 Å². The van der Waals surface area contributed by atoms with Crippen molar-refractivity contribution < 1.29 is 9.53 Å². The third kappa shape index (κ3) is 3.73. The SMILES string of the molecule is COc1ccc2nc(SCC(=O)Nc3sc4c(c3C#N)CC[C@@H](C)C4)[nH]c2c1. The van der Waals surface area contributed by atoms with Crippen molar-refractivity contribution in [1.82, 2.24) is 9.97 Å². The fraction of sp³-hybridized carbons (Fsp3) is 0.350. The number of nitrogens with zero attached hydrogens (tertiary/aromatic N) is 2. The summed E-state index contributed by atoms with van der Waals surface area (Å²) in [5, 5.41) is 13.8. The number of benzene rings is 1. The Morgan fingerprint density at radius 1 is 1.54 bits per heavy atom.